The van der Waals surface area contributed by atoms with Crippen molar-refractivity contribution in [3.05, 3.63) is 64.5 Å². The lowest BCUT2D eigenvalue weighted by Crippen LogP contribution is -2.30. The van der Waals surface area contributed by atoms with E-state index in [1.54, 1.807) is 0 Å². The van der Waals surface area contributed by atoms with E-state index < -0.39 is 17.8 Å². The first kappa shape index (κ1) is 15.5. The van der Waals surface area contributed by atoms with Gasteiger partial charge in [0.1, 0.15) is 0 Å². The fourth-order valence-electron chi connectivity index (χ4n) is 2.15. The number of pyridine rings is 1. The first-order valence-corrected chi connectivity index (χ1v) is 6.39. The Morgan fingerprint density at radius 1 is 1.14 bits per heavy atom. The van der Waals surface area contributed by atoms with Gasteiger partial charge in [-0.1, -0.05) is 23.8 Å². The summed E-state index contributed by atoms with van der Waals surface area (Å²) in [4.78, 5) is 3.90. The number of rotatable bonds is 3. The fraction of sp³-hybridized carbons (Fsp3) is 0.267. The van der Waals surface area contributed by atoms with Gasteiger partial charge in [0, 0.05) is 6.20 Å². The summed E-state index contributed by atoms with van der Waals surface area (Å²) < 4.78 is 37.7. The van der Waals surface area contributed by atoms with Crippen molar-refractivity contribution in [3.8, 4) is 0 Å². The Balaban J connectivity index is 2.40. The van der Waals surface area contributed by atoms with Gasteiger partial charge in [-0.3, -0.25) is 10.8 Å². The van der Waals surface area contributed by atoms with E-state index in [0.717, 1.165) is 29.0 Å². The lowest BCUT2D eigenvalue weighted by atomic mass is 9.96. The van der Waals surface area contributed by atoms with Crippen LogP contribution in [0, 0.1) is 13.8 Å². The molecule has 0 saturated carbocycles. The third kappa shape index (κ3) is 3.40. The second-order valence-corrected chi connectivity index (χ2v) is 4.93. The maximum atomic E-state index is 12.6. The van der Waals surface area contributed by atoms with E-state index in [9.17, 15) is 13.2 Å². The Morgan fingerprint density at radius 2 is 1.86 bits per heavy atom. The molecule has 2 rings (SSSR count). The predicted octanol–water partition coefficient (Wildman–Crippen LogP) is 3.27. The molecule has 0 saturated heterocycles. The molecule has 0 fully saturated rings. The summed E-state index contributed by atoms with van der Waals surface area (Å²) in [5, 5.41) is 0. The smallest absolute Gasteiger partial charge is 0.271 e. The van der Waals surface area contributed by atoms with E-state index in [0.29, 0.717) is 5.69 Å². The van der Waals surface area contributed by atoms with Crippen molar-refractivity contribution in [2.45, 2.75) is 26.1 Å². The minimum atomic E-state index is -4.39. The molecule has 1 aromatic carbocycles. The van der Waals surface area contributed by atoms with Crippen LogP contribution in [0.1, 0.15) is 34.0 Å². The summed E-state index contributed by atoms with van der Waals surface area (Å²) in [6.07, 6.45) is -3.57. The van der Waals surface area contributed by atoms with Gasteiger partial charge in [-0.05, 0) is 37.1 Å². The van der Waals surface area contributed by atoms with Crippen LogP contribution >= 0.6 is 0 Å². The molecule has 0 aliphatic heterocycles. The number of aryl methyl sites for hydroxylation is 2. The molecule has 2 aromatic rings. The molecule has 0 radical (unpaired) electrons. The Kier molecular flexibility index (Phi) is 4.29. The van der Waals surface area contributed by atoms with Crippen LogP contribution in [0.15, 0.2) is 36.5 Å². The largest absolute Gasteiger partial charge is 0.417 e. The van der Waals surface area contributed by atoms with Crippen molar-refractivity contribution in [1.82, 2.24) is 10.4 Å². The molecule has 0 bridgehead atoms. The molecule has 0 spiro atoms. The Hall–Kier alpha value is -1.92. The van der Waals surface area contributed by atoms with Gasteiger partial charge < -0.3 is 0 Å². The molecule has 1 unspecified atom stereocenters. The van der Waals surface area contributed by atoms with Crippen LogP contribution in [-0.2, 0) is 6.18 Å². The summed E-state index contributed by atoms with van der Waals surface area (Å²) >= 11 is 0. The molecule has 1 atom stereocenters. The molecular formula is C15H16F3N3. The molecule has 112 valence electrons. The van der Waals surface area contributed by atoms with Crippen molar-refractivity contribution in [2.24, 2.45) is 5.84 Å². The third-order valence-corrected chi connectivity index (χ3v) is 3.32. The third-order valence-electron chi connectivity index (χ3n) is 3.32. The number of nitrogens with two attached hydrogens (primary N) is 1. The highest BCUT2D eigenvalue weighted by Gasteiger charge is 2.31. The minimum Gasteiger partial charge on any atom is -0.271 e. The monoisotopic (exact) mass is 295 g/mol. The van der Waals surface area contributed by atoms with E-state index >= 15 is 0 Å². The van der Waals surface area contributed by atoms with E-state index in [-0.39, 0.29) is 0 Å². The van der Waals surface area contributed by atoms with E-state index in [4.69, 9.17) is 5.84 Å². The molecule has 3 nitrogen and oxygen atoms in total. The maximum absolute atomic E-state index is 12.6. The lowest BCUT2D eigenvalue weighted by molar-refractivity contribution is -0.137. The topological polar surface area (TPSA) is 50.9 Å². The number of nitrogens with one attached hydrogen (secondary N) is 1. The van der Waals surface area contributed by atoms with Crippen LogP contribution < -0.4 is 11.3 Å². The van der Waals surface area contributed by atoms with Gasteiger partial charge in [-0.15, -0.1) is 0 Å². The van der Waals surface area contributed by atoms with Crippen molar-refractivity contribution < 1.29 is 13.2 Å². The van der Waals surface area contributed by atoms with Gasteiger partial charge in [0.25, 0.3) is 0 Å². The first-order chi connectivity index (χ1) is 9.82. The van der Waals surface area contributed by atoms with Gasteiger partial charge in [-0.25, -0.2) is 5.43 Å². The van der Waals surface area contributed by atoms with Crippen molar-refractivity contribution in [2.75, 3.05) is 0 Å². The number of hydrogen-bond donors (Lipinski definition) is 2. The highest BCUT2D eigenvalue weighted by molar-refractivity contribution is 5.37. The molecule has 0 aliphatic carbocycles. The number of hydrazine groups is 1. The van der Waals surface area contributed by atoms with Gasteiger partial charge >= 0.3 is 6.18 Å². The summed E-state index contributed by atoms with van der Waals surface area (Å²) in [6.45, 7) is 3.86. The van der Waals surface area contributed by atoms with Gasteiger partial charge in [0.15, 0.2) is 0 Å². The molecule has 0 amide bonds. The number of nitrogens with zero attached hydrogens (tertiary/aromatic N) is 1. The summed E-state index contributed by atoms with van der Waals surface area (Å²) in [7, 11) is 0. The van der Waals surface area contributed by atoms with Crippen molar-refractivity contribution in [1.29, 1.82) is 0 Å². The highest BCUT2D eigenvalue weighted by atomic mass is 19.4. The van der Waals surface area contributed by atoms with Crippen LogP contribution in [-0.4, -0.2) is 4.98 Å². The van der Waals surface area contributed by atoms with Gasteiger partial charge in [-0.2, -0.15) is 13.2 Å². The molecule has 1 heterocycles. The lowest BCUT2D eigenvalue weighted by Gasteiger charge is -2.19. The zero-order valence-electron chi connectivity index (χ0n) is 11.7. The highest BCUT2D eigenvalue weighted by Crippen LogP contribution is 2.30. The molecule has 1 aromatic heterocycles. The van der Waals surface area contributed by atoms with Crippen LogP contribution in [0.25, 0.3) is 0 Å². The Labute approximate surface area is 121 Å². The zero-order chi connectivity index (χ0) is 15.6. The Morgan fingerprint density at radius 3 is 2.38 bits per heavy atom. The molecule has 3 N–H and O–H groups in total. The van der Waals surface area contributed by atoms with Crippen LogP contribution in [0.3, 0.4) is 0 Å². The molecular weight excluding hydrogens is 279 g/mol. The van der Waals surface area contributed by atoms with Crippen molar-refractivity contribution >= 4 is 0 Å². The van der Waals surface area contributed by atoms with Crippen LogP contribution in [0.4, 0.5) is 13.2 Å². The normalized spacial score (nSPS) is 13.2. The predicted molar refractivity (Wildman–Crippen MR) is 74.3 cm³/mol. The molecule has 6 heteroatoms. The van der Waals surface area contributed by atoms with Crippen LogP contribution in [0.5, 0.6) is 0 Å². The minimum absolute atomic E-state index is 0.444. The summed E-state index contributed by atoms with van der Waals surface area (Å²) in [5.74, 6) is 5.57. The average Bonchev–Trinajstić information content (AvgIpc) is 2.43. The number of halogens is 3. The number of alkyl halides is 3. The molecule has 0 aliphatic rings. The van der Waals surface area contributed by atoms with E-state index in [2.05, 4.69) is 10.4 Å². The fourth-order valence-corrected chi connectivity index (χ4v) is 2.15. The second kappa shape index (κ2) is 5.83. The maximum Gasteiger partial charge on any atom is 0.417 e. The summed E-state index contributed by atoms with van der Waals surface area (Å²) in [6, 6.07) is 7.75. The molecule has 21 heavy (non-hydrogen) atoms. The second-order valence-electron chi connectivity index (χ2n) is 4.93. The number of hydrogen-bond acceptors (Lipinski definition) is 3. The first-order valence-electron chi connectivity index (χ1n) is 6.39. The van der Waals surface area contributed by atoms with Crippen molar-refractivity contribution in [3.63, 3.8) is 0 Å². The summed E-state index contributed by atoms with van der Waals surface area (Å²) in [5.41, 5.74) is 5.21. The Bertz CT molecular complexity index is 621. The standard InChI is InChI=1S/C15H16F3N3/c1-9-3-4-10(2)12(7-9)14(21-19)13-6-5-11(8-20-13)15(16,17)18/h3-8,14,21H,19H2,1-2H3. The van der Waals surface area contributed by atoms with Gasteiger partial charge in [0.05, 0.1) is 17.3 Å². The van der Waals surface area contributed by atoms with Gasteiger partial charge in [0.2, 0.25) is 0 Å². The van der Waals surface area contributed by atoms with E-state index in [1.165, 1.54) is 6.07 Å². The average molecular weight is 295 g/mol. The van der Waals surface area contributed by atoms with Crippen LogP contribution in [0.2, 0.25) is 0 Å². The zero-order valence-corrected chi connectivity index (χ0v) is 11.7. The number of aromatic nitrogens is 1. The SMILES string of the molecule is Cc1ccc(C)c(C(NN)c2ccc(C(F)(F)F)cn2)c1. The van der Waals surface area contributed by atoms with E-state index in [1.807, 2.05) is 32.0 Å². The quantitative estimate of drug-likeness (QED) is 0.675. The number of benzene rings is 1.